The highest BCUT2D eigenvalue weighted by Crippen LogP contribution is 2.70. The van der Waals surface area contributed by atoms with Crippen molar-refractivity contribution in [1.29, 1.82) is 5.26 Å². The highest BCUT2D eigenvalue weighted by molar-refractivity contribution is 6.00. The number of fused-ring (bicyclic) bond motifs is 1. The zero-order valence-electron chi connectivity index (χ0n) is 19.9. The largest absolute Gasteiger partial charge is 0.379 e. The Morgan fingerprint density at radius 3 is 2.81 bits per heavy atom. The molecule has 6 rings (SSSR count). The van der Waals surface area contributed by atoms with E-state index in [-0.39, 0.29) is 22.3 Å². The number of nitrogens with zero attached hydrogens (tertiary/aromatic N) is 4. The molecule has 0 unspecified atom stereocenters. The third-order valence-electron chi connectivity index (χ3n) is 6.32. The Balaban J connectivity index is 1.49. The molecule has 0 aromatic carbocycles. The molecule has 8 nitrogen and oxygen atoms in total. The monoisotopic (exact) mass is 417 g/mol. The molecule has 3 aromatic heterocycles. The number of rotatable bonds is 6. The third kappa shape index (κ3) is 3.05. The van der Waals surface area contributed by atoms with Crippen LogP contribution in [0.15, 0.2) is 36.7 Å². The zero-order valence-corrected chi connectivity index (χ0v) is 16.9. The van der Waals surface area contributed by atoms with Crippen LogP contribution >= 0.6 is 0 Å². The summed E-state index contributed by atoms with van der Waals surface area (Å²) in [6, 6.07) is 9.13. The summed E-state index contributed by atoms with van der Waals surface area (Å²) in [6.07, 6.45) is 5.85. The lowest BCUT2D eigenvalue weighted by molar-refractivity contribution is -0.144. The van der Waals surface area contributed by atoms with Crippen molar-refractivity contribution in [2.45, 2.75) is 38.1 Å². The first-order valence-corrected chi connectivity index (χ1v) is 9.99. The lowest BCUT2D eigenvalue weighted by Gasteiger charge is -2.71. The van der Waals surface area contributed by atoms with Gasteiger partial charge in [-0.15, -0.1) is 0 Å². The maximum absolute atomic E-state index is 12.7. The zero-order chi connectivity index (χ0) is 24.3. The first-order chi connectivity index (χ1) is 16.0. The van der Waals surface area contributed by atoms with Crippen LogP contribution in [-0.4, -0.2) is 38.8 Å². The number of anilines is 1. The van der Waals surface area contributed by atoms with Gasteiger partial charge in [-0.3, -0.25) is 9.78 Å². The quantitative estimate of drug-likeness (QED) is 0.638. The molecule has 3 saturated carbocycles. The van der Waals surface area contributed by atoms with Crippen LogP contribution in [0, 0.1) is 16.7 Å². The predicted molar refractivity (Wildman–Crippen MR) is 114 cm³/mol. The van der Waals surface area contributed by atoms with Crippen molar-refractivity contribution in [3.63, 3.8) is 0 Å². The van der Waals surface area contributed by atoms with Gasteiger partial charge in [-0.1, -0.05) is 0 Å². The Morgan fingerprint density at radius 2 is 2.10 bits per heavy atom. The molecular formula is C23H22N6O2. The van der Waals surface area contributed by atoms with E-state index in [9.17, 15) is 9.59 Å². The molecule has 3 aromatic rings. The fourth-order valence-corrected chi connectivity index (χ4v) is 5.33. The minimum absolute atomic E-state index is 0.0376. The van der Waals surface area contributed by atoms with Crippen molar-refractivity contribution < 1.29 is 13.7 Å². The second-order valence-corrected chi connectivity index (χ2v) is 8.79. The predicted octanol–water partition coefficient (Wildman–Crippen LogP) is 2.94. The van der Waals surface area contributed by atoms with Gasteiger partial charge in [-0.2, -0.15) is 10.4 Å². The standard InChI is InChI=1S/C23H22N6O2/c1-14(30)7-22-11-23(12-22,13-22)28-18-6-19(26-10-17(18)21(31)25-2)20-4-3-16-5-15(8-24)9-27-29(16)20/h3-6,9-10H,7,11-13H2,1-2H3,(H,25,31)(H,26,28)/i2D3. The van der Waals surface area contributed by atoms with Gasteiger partial charge in [-0.25, -0.2) is 4.52 Å². The van der Waals surface area contributed by atoms with Crippen molar-refractivity contribution in [2.24, 2.45) is 5.41 Å². The lowest BCUT2D eigenvalue weighted by atomic mass is 9.38. The van der Waals surface area contributed by atoms with Gasteiger partial charge >= 0.3 is 0 Å². The second-order valence-electron chi connectivity index (χ2n) is 8.79. The molecule has 8 heteroatoms. The van der Waals surface area contributed by atoms with E-state index in [1.807, 2.05) is 17.4 Å². The van der Waals surface area contributed by atoms with Gasteiger partial charge in [0.15, 0.2) is 0 Å². The Labute approximate surface area is 183 Å². The number of aromatic nitrogens is 3. The van der Waals surface area contributed by atoms with E-state index in [4.69, 9.17) is 9.37 Å². The second kappa shape index (κ2) is 6.64. The molecule has 0 saturated heterocycles. The minimum atomic E-state index is -2.63. The van der Waals surface area contributed by atoms with E-state index in [0.717, 1.165) is 24.8 Å². The Bertz CT molecular complexity index is 1370. The van der Waals surface area contributed by atoms with Crippen LogP contribution in [0.4, 0.5) is 5.69 Å². The van der Waals surface area contributed by atoms with Gasteiger partial charge in [0.1, 0.15) is 11.9 Å². The van der Waals surface area contributed by atoms with Crippen LogP contribution in [0.3, 0.4) is 0 Å². The van der Waals surface area contributed by atoms with Crippen LogP contribution in [-0.2, 0) is 4.79 Å². The molecule has 2 N–H and O–H groups in total. The van der Waals surface area contributed by atoms with Gasteiger partial charge in [0.05, 0.1) is 39.9 Å². The molecule has 0 radical (unpaired) electrons. The number of amides is 1. The van der Waals surface area contributed by atoms with Crippen LogP contribution in [0.1, 0.15) is 52.6 Å². The van der Waals surface area contributed by atoms with Crippen molar-refractivity contribution in [2.75, 3.05) is 12.3 Å². The van der Waals surface area contributed by atoms with E-state index in [0.29, 0.717) is 29.1 Å². The molecule has 3 aliphatic rings. The molecule has 0 aliphatic heterocycles. The van der Waals surface area contributed by atoms with E-state index in [1.54, 1.807) is 23.6 Å². The Kier molecular flexibility index (Phi) is 3.43. The first kappa shape index (κ1) is 16.0. The Morgan fingerprint density at radius 1 is 1.29 bits per heavy atom. The average molecular weight is 417 g/mol. The van der Waals surface area contributed by atoms with E-state index < -0.39 is 12.9 Å². The number of ketones is 1. The van der Waals surface area contributed by atoms with Crippen LogP contribution in [0.25, 0.3) is 16.9 Å². The van der Waals surface area contributed by atoms with Crippen LogP contribution in [0.5, 0.6) is 0 Å². The van der Waals surface area contributed by atoms with Crippen molar-refractivity contribution in [3.05, 3.63) is 47.8 Å². The van der Waals surface area contributed by atoms with Gasteiger partial charge < -0.3 is 15.4 Å². The summed E-state index contributed by atoms with van der Waals surface area (Å²) in [7, 11) is 0. The number of carbonyl (C=O) groups excluding carboxylic acids is 2. The molecule has 3 aliphatic carbocycles. The number of nitrogens with one attached hydrogen (secondary N) is 2. The number of pyridine rings is 1. The van der Waals surface area contributed by atoms with Gasteiger partial charge in [0.25, 0.3) is 5.91 Å². The highest BCUT2D eigenvalue weighted by atomic mass is 16.1. The molecular weight excluding hydrogens is 392 g/mol. The van der Waals surface area contributed by atoms with Gasteiger partial charge in [0.2, 0.25) is 0 Å². The summed E-state index contributed by atoms with van der Waals surface area (Å²) in [5, 5.41) is 18.9. The van der Waals surface area contributed by atoms with Crippen LogP contribution in [0.2, 0.25) is 0 Å². The summed E-state index contributed by atoms with van der Waals surface area (Å²) < 4.78 is 23.8. The first-order valence-electron chi connectivity index (χ1n) is 11.5. The molecule has 3 fully saturated rings. The maximum atomic E-state index is 12.7. The molecule has 31 heavy (non-hydrogen) atoms. The number of Topliss-reactive ketones (excluding diaryl/α,β-unsaturated/α-hetero) is 1. The van der Waals surface area contributed by atoms with Crippen molar-refractivity contribution in [1.82, 2.24) is 19.9 Å². The summed E-state index contributed by atoms with van der Waals surface area (Å²) in [5.41, 5.74) is 2.79. The fourth-order valence-electron chi connectivity index (χ4n) is 5.33. The average Bonchev–Trinajstić information content (AvgIpc) is 3.12. The normalized spacial score (nSPS) is 25.2. The molecule has 3 heterocycles. The third-order valence-corrected chi connectivity index (χ3v) is 6.32. The number of hydrogen-bond acceptors (Lipinski definition) is 6. The van der Waals surface area contributed by atoms with E-state index in [1.165, 1.54) is 12.4 Å². The summed E-state index contributed by atoms with van der Waals surface area (Å²) >= 11 is 0. The number of nitriles is 1. The molecule has 0 atom stereocenters. The maximum Gasteiger partial charge on any atom is 0.254 e. The topological polar surface area (TPSA) is 112 Å². The summed E-state index contributed by atoms with van der Waals surface area (Å²) in [5.74, 6) is -0.576. The SMILES string of the molecule is [2H]C([2H])([2H])NC(=O)c1cnc(-c2ccc3cc(C#N)cnn23)cc1NC12CC(CC(C)=O)(C1)C2. The minimum Gasteiger partial charge on any atom is -0.379 e. The van der Waals surface area contributed by atoms with E-state index in [2.05, 4.69) is 21.5 Å². The molecule has 0 spiro atoms. The number of carbonyl (C=O) groups is 2. The summed E-state index contributed by atoms with van der Waals surface area (Å²) in [6.45, 7) is -1.03. The van der Waals surface area contributed by atoms with Crippen molar-refractivity contribution >= 4 is 22.9 Å². The molecule has 1 amide bonds. The van der Waals surface area contributed by atoms with Gasteiger partial charge in [-0.05, 0) is 55.9 Å². The fraction of sp³-hybridized carbons (Fsp3) is 0.348. The number of hydrogen-bond donors (Lipinski definition) is 2. The molecule has 2 bridgehead atoms. The molecule has 156 valence electrons. The van der Waals surface area contributed by atoms with Crippen LogP contribution < -0.4 is 10.6 Å². The van der Waals surface area contributed by atoms with Gasteiger partial charge in [0, 0.05) is 29.2 Å². The van der Waals surface area contributed by atoms with E-state index >= 15 is 0 Å². The van der Waals surface area contributed by atoms with Crippen molar-refractivity contribution in [3.8, 4) is 17.5 Å². The smallest absolute Gasteiger partial charge is 0.254 e. The highest BCUT2D eigenvalue weighted by Gasteiger charge is 2.67. The Hall–Kier alpha value is -3.73. The summed E-state index contributed by atoms with van der Waals surface area (Å²) in [4.78, 5) is 28.7. The lowest BCUT2D eigenvalue weighted by Crippen LogP contribution is -2.71.